The fraction of sp³-hybridized carbons (Fsp3) is 0. The Labute approximate surface area is 64.8 Å². The molecule has 0 aliphatic carbocycles. The van der Waals surface area contributed by atoms with Crippen LogP contribution in [0.25, 0.3) is 11.2 Å². The summed E-state index contributed by atoms with van der Waals surface area (Å²) in [5, 5.41) is 0. The fourth-order valence-electron chi connectivity index (χ4n) is 0.952. The van der Waals surface area contributed by atoms with Gasteiger partial charge < -0.3 is 5.84 Å². The molecule has 0 aromatic carbocycles. The number of nitrogens with two attached hydrogens (primary N) is 1. The van der Waals surface area contributed by atoms with E-state index in [1.54, 1.807) is 0 Å². The van der Waals surface area contributed by atoms with Gasteiger partial charge in [-0.3, -0.25) is 14.8 Å². The van der Waals surface area contributed by atoms with Crippen LogP contribution in [0.3, 0.4) is 0 Å². The number of aromatic nitrogens is 4. The smallest absolute Gasteiger partial charge is 0.327 e. The van der Waals surface area contributed by atoms with Gasteiger partial charge in [0.05, 0.1) is 0 Å². The number of nitrogens with zero attached hydrogens (tertiary/aromatic N) is 2. The number of nitrogens with one attached hydrogen (secondary N) is 2. The van der Waals surface area contributed by atoms with Crippen LogP contribution in [0.2, 0.25) is 0 Å². The first-order chi connectivity index (χ1) is 5.68. The molecule has 0 amide bonds. The predicted molar refractivity (Wildman–Crippen MR) is 41.1 cm³/mol. The molecule has 62 valence electrons. The molecule has 0 bridgehead atoms. The molecule has 4 N–H and O–H groups in total. The molecule has 0 unspecified atom stereocenters. The van der Waals surface area contributed by atoms with Gasteiger partial charge in [-0.15, -0.1) is 0 Å². The van der Waals surface area contributed by atoms with E-state index >= 15 is 0 Å². The second kappa shape index (κ2) is 1.97. The number of H-pyrrole nitrogens is 2. The highest BCUT2D eigenvalue weighted by Gasteiger charge is 2.04. The molecule has 0 fully saturated rings. The zero-order chi connectivity index (χ0) is 8.72. The number of imidazole rings is 1. The lowest BCUT2D eigenvalue weighted by molar-refractivity contribution is 0.988. The number of hydrogen-bond donors (Lipinski definition) is 3. The monoisotopic (exact) mass is 167 g/mol. The third-order valence-electron chi connectivity index (χ3n) is 1.47. The zero-order valence-corrected chi connectivity index (χ0v) is 5.87. The third-order valence-corrected chi connectivity index (χ3v) is 1.47. The lowest BCUT2D eigenvalue weighted by Crippen LogP contribution is -2.23. The summed E-state index contributed by atoms with van der Waals surface area (Å²) in [5.74, 6) is 5.35. The van der Waals surface area contributed by atoms with Crippen molar-refractivity contribution in [1.82, 2.24) is 19.6 Å². The molecule has 0 saturated carbocycles. The van der Waals surface area contributed by atoms with Gasteiger partial charge >= 0.3 is 5.69 Å². The van der Waals surface area contributed by atoms with Crippen molar-refractivity contribution < 1.29 is 0 Å². The van der Waals surface area contributed by atoms with Crippen molar-refractivity contribution in [2.45, 2.75) is 0 Å². The largest absolute Gasteiger partial charge is 0.336 e. The first-order valence-corrected chi connectivity index (χ1v) is 3.13. The minimum Gasteiger partial charge on any atom is -0.336 e. The molecule has 0 aliphatic heterocycles. The van der Waals surface area contributed by atoms with Crippen molar-refractivity contribution in [3.05, 3.63) is 27.2 Å². The van der Waals surface area contributed by atoms with E-state index in [2.05, 4.69) is 9.97 Å². The summed E-state index contributed by atoms with van der Waals surface area (Å²) in [6.07, 6.45) is 1.25. The molecule has 7 nitrogen and oxygen atoms in total. The Kier molecular flexibility index (Phi) is 1.09. The van der Waals surface area contributed by atoms with Crippen LogP contribution in [0.15, 0.2) is 15.9 Å². The average molecular weight is 167 g/mol. The van der Waals surface area contributed by atoms with Crippen LogP contribution in [-0.4, -0.2) is 19.6 Å². The van der Waals surface area contributed by atoms with E-state index in [0.29, 0.717) is 0 Å². The van der Waals surface area contributed by atoms with Gasteiger partial charge in [0, 0.05) is 0 Å². The van der Waals surface area contributed by atoms with Gasteiger partial charge in [-0.1, -0.05) is 0 Å². The summed E-state index contributed by atoms with van der Waals surface area (Å²) in [7, 11) is 0. The Bertz CT molecular complexity index is 532. The van der Waals surface area contributed by atoms with Crippen LogP contribution in [0.4, 0.5) is 0 Å². The van der Waals surface area contributed by atoms with E-state index in [-0.39, 0.29) is 11.2 Å². The number of aromatic amines is 2. The molecule has 0 radical (unpaired) electrons. The van der Waals surface area contributed by atoms with Crippen molar-refractivity contribution >= 4 is 11.2 Å². The highest BCUT2D eigenvalue weighted by molar-refractivity contribution is 5.68. The van der Waals surface area contributed by atoms with Crippen molar-refractivity contribution in [2.75, 3.05) is 5.84 Å². The Hall–Kier alpha value is -2.05. The molecule has 0 atom stereocenters. The first-order valence-electron chi connectivity index (χ1n) is 3.13. The third kappa shape index (κ3) is 0.729. The lowest BCUT2D eigenvalue weighted by Gasteiger charge is -1.90. The second-order valence-electron chi connectivity index (χ2n) is 2.26. The Balaban J connectivity index is 3.13. The van der Waals surface area contributed by atoms with E-state index in [0.717, 1.165) is 4.68 Å². The molecule has 2 aromatic heterocycles. The maximum Gasteiger partial charge on any atom is 0.327 e. The van der Waals surface area contributed by atoms with Crippen LogP contribution in [-0.2, 0) is 0 Å². The molecular weight excluding hydrogens is 162 g/mol. The summed E-state index contributed by atoms with van der Waals surface area (Å²) in [6.45, 7) is 0. The van der Waals surface area contributed by atoms with Crippen LogP contribution < -0.4 is 17.1 Å². The van der Waals surface area contributed by atoms with Gasteiger partial charge in [-0.2, -0.15) is 0 Å². The Morgan fingerprint density at radius 1 is 1.42 bits per heavy atom. The van der Waals surface area contributed by atoms with E-state index < -0.39 is 11.2 Å². The first kappa shape index (κ1) is 6.65. The maximum atomic E-state index is 11.0. The summed E-state index contributed by atoms with van der Waals surface area (Å²) in [5.41, 5.74) is -0.807. The number of nitrogen functional groups attached to an aromatic ring is 1. The molecule has 2 heterocycles. The molecule has 7 heteroatoms. The minimum atomic E-state index is -0.597. The molecular formula is C5H5N5O2. The summed E-state index contributed by atoms with van der Waals surface area (Å²) < 4.78 is 1.08. The summed E-state index contributed by atoms with van der Waals surface area (Å²) >= 11 is 0. The fourth-order valence-corrected chi connectivity index (χ4v) is 0.952. The van der Waals surface area contributed by atoms with E-state index in [1.165, 1.54) is 6.33 Å². The van der Waals surface area contributed by atoms with Crippen molar-refractivity contribution in [2.24, 2.45) is 0 Å². The Morgan fingerprint density at radius 3 is 2.92 bits per heavy atom. The highest BCUT2D eigenvalue weighted by atomic mass is 16.2. The maximum absolute atomic E-state index is 11.0. The molecule has 0 aliphatic rings. The molecule has 0 saturated heterocycles. The minimum absolute atomic E-state index is 0.122. The van der Waals surface area contributed by atoms with Crippen LogP contribution in [0, 0.1) is 0 Å². The SMILES string of the molecule is Nn1cnc2c(=O)[nH]c(=O)[nH]c21. The van der Waals surface area contributed by atoms with Gasteiger partial charge in [0.1, 0.15) is 6.33 Å². The second-order valence-corrected chi connectivity index (χ2v) is 2.26. The molecule has 2 rings (SSSR count). The molecule has 0 spiro atoms. The van der Waals surface area contributed by atoms with Crippen LogP contribution in [0.5, 0.6) is 0 Å². The quantitative estimate of drug-likeness (QED) is 0.399. The molecule has 12 heavy (non-hydrogen) atoms. The van der Waals surface area contributed by atoms with E-state index in [9.17, 15) is 9.59 Å². The van der Waals surface area contributed by atoms with Gasteiger partial charge in [0.15, 0.2) is 11.2 Å². The van der Waals surface area contributed by atoms with Gasteiger partial charge in [0.25, 0.3) is 5.56 Å². The highest BCUT2D eigenvalue weighted by Crippen LogP contribution is 1.96. The number of hydrogen-bond acceptors (Lipinski definition) is 4. The van der Waals surface area contributed by atoms with Gasteiger partial charge in [-0.05, 0) is 0 Å². The van der Waals surface area contributed by atoms with Crippen LogP contribution >= 0.6 is 0 Å². The standard InChI is InChI=1S/C5H5N5O2/c6-10-1-7-2-3(10)8-5(12)9-4(2)11/h1H,6H2,(H2,8,9,11,12). The zero-order valence-electron chi connectivity index (χ0n) is 5.87. The van der Waals surface area contributed by atoms with Gasteiger partial charge in [0.2, 0.25) is 0 Å². The van der Waals surface area contributed by atoms with E-state index in [1.807, 2.05) is 4.98 Å². The van der Waals surface area contributed by atoms with Crippen molar-refractivity contribution in [3.8, 4) is 0 Å². The van der Waals surface area contributed by atoms with Gasteiger partial charge in [-0.25, -0.2) is 14.5 Å². The normalized spacial score (nSPS) is 10.7. The summed E-state index contributed by atoms with van der Waals surface area (Å²) in [4.78, 5) is 29.8. The van der Waals surface area contributed by atoms with Crippen molar-refractivity contribution in [3.63, 3.8) is 0 Å². The predicted octanol–water partition coefficient (Wildman–Crippen LogP) is -1.87. The van der Waals surface area contributed by atoms with Crippen molar-refractivity contribution in [1.29, 1.82) is 0 Å². The lowest BCUT2D eigenvalue weighted by atomic mass is 10.5. The average Bonchev–Trinajstić information content (AvgIpc) is 2.33. The van der Waals surface area contributed by atoms with Crippen LogP contribution in [0.1, 0.15) is 0 Å². The molecule has 2 aromatic rings. The Morgan fingerprint density at radius 2 is 2.17 bits per heavy atom. The van der Waals surface area contributed by atoms with E-state index in [4.69, 9.17) is 5.84 Å². The number of fused-ring (bicyclic) bond motifs is 1. The summed E-state index contributed by atoms with van der Waals surface area (Å²) in [6, 6.07) is 0. The topological polar surface area (TPSA) is 110 Å². The number of rotatable bonds is 0.